The van der Waals surface area contributed by atoms with Gasteiger partial charge in [0.15, 0.2) is 0 Å². The van der Waals surface area contributed by atoms with Gasteiger partial charge in [0.05, 0.1) is 11.9 Å². The third-order valence-electron chi connectivity index (χ3n) is 2.60. The van der Waals surface area contributed by atoms with Gasteiger partial charge in [-0.25, -0.2) is 9.78 Å². The van der Waals surface area contributed by atoms with Crippen LogP contribution in [-0.4, -0.2) is 21.5 Å². The lowest BCUT2D eigenvalue weighted by Crippen LogP contribution is -2.43. The van der Waals surface area contributed by atoms with Gasteiger partial charge in [0.1, 0.15) is 0 Å². The number of urea groups is 1. The molecule has 2 rings (SSSR count). The third kappa shape index (κ3) is 4.45. The quantitative estimate of drug-likeness (QED) is 0.792. The van der Waals surface area contributed by atoms with Gasteiger partial charge in [0, 0.05) is 23.0 Å². The summed E-state index contributed by atoms with van der Waals surface area (Å²) in [5, 5.41) is 5.58. The first kappa shape index (κ1) is 14.8. The van der Waals surface area contributed by atoms with E-state index >= 15 is 0 Å². The Morgan fingerprint density at radius 1 is 1.19 bits per heavy atom. The van der Waals surface area contributed by atoms with E-state index in [2.05, 4.69) is 20.6 Å². The summed E-state index contributed by atoms with van der Waals surface area (Å²) >= 11 is 0. The van der Waals surface area contributed by atoms with E-state index < -0.39 is 0 Å². The average Bonchev–Trinajstić information content (AvgIpc) is 2.38. The standard InChI is InChI=1S/C15H18N4O2/c1-15(2,3)19-14(21)18-11-6-4-10(5-7-11)12-8-17-13(20)9-16-12/h4-9H,1-3H3,(H,17,20)(H2,18,19,21). The first-order chi connectivity index (χ1) is 9.83. The Hall–Kier alpha value is -2.63. The summed E-state index contributed by atoms with van der Waals surface area (Å²) in [6.45, 7) is 5.74. The summed E-state index contributed by atoms with van der Waals surface area (Å²) < 4.78 is 0. The molecule has 0 saturated carbocycles. The normalized spacial score (nSPS) is 11.0. The van der Waals surface area contributed by atoms with Gasteiger partial charge in [-0.1, -0.05) is 12.1 Å². The molecule has 1 aromatic heterocycles. The zero-order valence-electron chi connectivity index (χ0n) is 12.2. The smallest absolute Gasteiger partial charge is 0.319 e. The van der Waals surface area contributed by atoms with E-state index in [1.165, 1.54) is 6.20 Å². The number of aromatic nitrogens is 2. The molecular formula is C15H18N4O2. The van der Waals surface area contributed by atoms with Crippen molar-refractivity contribution in [2.45, 2.75) is 26.3 Å². The Bertz CT molecular complexity index is 664. The van der Waals surface area contributed by atoms with Gasteiger partial charge in [0.2, 0.25) is 0 Å². The van der Waals surface area contributed by atoms with Crippen LogP contribution in [-0.2, 0) is 0 Å². The van der Waals surface area contributed by atoms with Gasteiger partial charge in [-0.05, 0) is 32.9 Å². The number of H-pyrrole nitrogens is 1. The maximum absolute atomic E-state index is 11.7. The highest BCUT2D eigenvalue weighted by Crippen LogP contribution is 2.18. The van der Waals surface area contributed by atoms with Gasteiger partial charge in [0.25, 0.3) is 5.56 Å². The van der Waals surface area contributed by atoms with Gasteiger partial charge in [-0.15, -0.1) is 0 Å². The molecule has 0 unspecified atom stereocenters. The van der Waals surface area contributed by atoms with Crippen molar-refractivity contribution in [2.24, 2.45) is 0 Å². The van der Waals surface area contributed by atoms with Crippen LogP contribution in [0.3, 0.4) is 0 Å². The summed E-state index contributed by atoms with van der Waals surface area (Å²) in [5.74, 6) is 0. The van der Waals surface area contributed by atoms with Crippen molar-refractivity contribution in [3.05, 3.63) is 47.0 Å². The molecule has 110 valence electrons. The molecular weight excluding hydrogens is 268 g/mol. The number of hydrogen-bond donors (Lipinski definition) is 3. The SMILES string of the molecule is CC(C)(C)NC(=O)Nc1ccc(-c2c[nH]c(=O)cn2)cc1. The van der Waals surface area contributed by atoms with E-state index in [1.807, 2.05) is 32.9 Å². The van der Waals surface area contributed by atoms with Crippen molar-refractivity contribution in [1.82, 2.24) is 15.3 Å². The minimum Gasteiger partial charge on any atom is -0.333 e. The van der Waals surface area contributed by atoms with Crippen LogP contribution in [0.2, 0.25) is 0 Å². The highest BCUT2D eigenvalue weighted by molar-refractivity contribution is 5.89. The zero-order chi connectivity index (χ0) is 15.5. The lowest BCUT2D eigenvalue weighted by Gasteiger charge is -2.20. The van der Waals surface area contributed by atoms with Gasteiger partial charge in [-0.2, -0.15) is 0 Å². The molecule has 2 amide bonds. The molecule has 6 heteroatoms. The Morgan fingerprint density at radius 2 is 1.86 bits per heavy atom. The van der Waals surface area contributed by atoms with Crippen LogP contribution < -0.4 is 16.2 Å². The molecule has 0 aliphatic heterocycles. The highest BCUT2D eigenvalue weighted by Gasteiger charge is 2.13. The van der Waals surface area contributed by atoms with Crippen molar-refractivity contribution in [1.29, 1.82) is 0 Å². The number of anilines is 1. The third-order valence-corrected chi connectivity index (χ3v) is 2.60. The maximum Gasteiger partial charge on any atom is 0.319 e. The second-order valence-corrected chi connectivity index (χ2v) is 5.70. The average molecular weight is 286 g/mol. The molecule has 3 N–H and O–H groups in total. The maximum atomic E-state index is 11.7. The lowest BCUT2D eigenvalue weighted by molar-refractivity contribution is 0.244. The number of rotatable bonds is 2. The molecule has 2 aromatic rings. The van der Waals surface area contributed by atoms with Gasteiger partial charge in [-0.3, -0.25) is 4.79 Å². The van der Waals surface area contributed by atoms with Crippen LogP contribution in [0.15, 0.2) is 41.5 Å². The molecule has 0 atom stereocenters. The van der Waals surface area contributed by atoms with E-state index in [1.54, 1.807) is 18.3 Å². The molecule has 6 nitrogen and oxygen atoms in total. The van der Waals surface area contributed by atoms with Crippen molar-refractivity contribution < 1.29 is 4.79 Å². The second-order valence-electron chi connectivity index (χ2n) is 5.70. The Kier molecular flexibility index (Phi) is 4.07. The Labute approximate surface area is 122 Å². The molecule has 0 bridgehead atoms. The number of carbonyl (C=O) groups is 1. The fourth-order valence-corrected chi connectivity index (χ4v) is 1.73. The minimum absolute atomic E-state index is 0.240. The topological polar surface area (TPSA) is 86.9 Å². The van der Waals surface area contributed by atoms with Crippen LogP contribution in [0, 0.1) is 0 Å². The number of carbonyl (C=O) groups excluding carboxylic acids is 1. The number of benzene rings is 1. The Balaban J connectivity index is 2.07. The molecule has 0 saturated heterocycles. The fraction of sp³-hybridized carbons (Fsp3) is 0.267. The monoisotopic (exact) mass is 286 g/mol. The zero-order valence-corrected chi connectivity index (χ0v) is 12.2. The summed E-state index contributed by atoms with van der Waals surface area (Å²) in [4.78, 5) is 29.3. The summed E-state index contributed by atoms with van der Waals surface area (Å²) in [5.41, 5.74) is 1.68. The van der Waals surface area contributed by atoms with Crippen molar-refractivity contribution >= 4 is 11.7 Å². The number of nitrogens with one attached hydrogen (secondary N) is 3. The highest BCUT2D eigenvalue weighted by atomic mass is 16.2. The van der Waals surface area contributed by atoms with E-state index in [4.69, 9.17) is 0 Å². The van der Waals surface area contributed by atoms with Crippen molar-refractivity contribution in [2.75, 3.05) is 5.32 Å². The summed E-state index contributed by atoms with van der Waals surface area (Å²) in [6.07, 6.45) is 2.79. The second kappa shape index (κ2) is 5.78. The summed E-state index contributed by atoms with van der Waals surface area (Å²) in [7, 11) is 0. The summed E-state index contributed by atoms with van der Waals surface area (Å²) in [6, 6.07) is 6.97. The van der Waals surface area contributed by atoms with E-state index in [-0.39, 0.29) is 17.1 Å². The number of nitrogens with zero attached hydrogens (tertiary/aromatic N) is 1. The number of aromatic amines is 1. The van der Waals surface area contributed by atoms with Gasteiger partial charge >= 0.3 is 6.03 Å². The molecule has 0 aliphatic rings. The predicted molar refractivity (Wildman–Crippen MR) is 82.2 cm³/mol. The Morgan fingerprint density at radius 3 is 2.38 bits per heavy atom. The fourth-order valence-electron chi connectivity index (χ4n) is 1.73. The van der Waals surface area contributed by atoms with Crippen molar-refractivity contribution in [3.63, 3.8) is 0 Å². The molecule has 0 fully saturated rings. The van der Waals surface area contributed by atoms with Crippen LogP contribution in [0.1, 0.15) is 20.8 Å². The largest absolute Gasteiger partial charge is 0.333 e. The molecule has 1 heterocycles. The molecule has 0 spiro atoms. The molecule has 0 radical (unpaired) electrons. The van der Waals surface area contributed by atoms with E-state index in [0.717, 1.165) is 5.56 Å². The van der Waals surface area contributed by atoms with Crippen LogP contribution in [0.4, 0.5) is 10.5 Å². The first-order valence-electron chi connectivity index (χ1n) is 6.58. The van der Waals surface area contributed by atoms with E-state index in [0.29, 0.717) is 11.4 Å². The van der Waals surface area contributed by atoms with Crippen LogP contribution >= 0.6 is 0 Å². The number of hydrogen-bond acceptors (Lipinski definition) is 3. The number of amides is 2. The molecule has 0 aliphatic carbocycles. The van der Waals surface area contributed by atoms with Crippen LogP contribution in [0.25, 0.3) is 11.3 Å². The first-order valence-corrected chi connectivity index (χ1v) is 6.58. The van der Waals surface area contributed by atoms with Crippen LogP contribution in [0.5, 0.6) is 0 Å². The molecule has 21 heavy (non-hydrogen) atoms. The minimum atomic E-state index is -0.288. The van der Waals surface area contributed by atoms with E-state index in [9.17, 15) is 9.59 Å². The lowest BCUT2D eigenvalue weighted by atomic mass is 10.1. The molecule has 1 aromatic carbocycles. The van der Waals surface area contributed by atoms with Gasteiger partial charge < -0.3 is 15.6 Å². The van der Waals surface area contributed by atoms with Crippen molar-refractivity contribution in [3.8, 4) is 11.3 Å². The predicted octanol–water partition coefficient (Wildman–Crippen LogP) is 2.36.